The van der Waals surface area contributed by atoms with E-state index in [1.165, 1.54) is 0 Å². The Morgan fingerprint density at radius 1 is 1.42 bits per heavy atom. The highest BCUT2D eigenvalue weighted by molar-refractivity contribution is 5.95. The molecule has 1 aliphatic rings. The minimum atomic E-state index is -0.610. The van der Waals surface area contributed by atoms with E-state index < -0.39 is 18.1 Å². The van der Waals surface area contributed by atoms with E-state index >= 15 is 0 Å². The molecule has 1 heterocycles. The topological polar surface area (TPSA) is 55.4 Å². The van der Waals surface area contributed by atoms with Crippen molar-refractivity contribution in [2.75, 3.05) is 0 Å². The summed E-state index contributed by atoms with van der Waals surface area (Å²) in [4.78, 5) is 21.4. The number of alkyl carbamates (subject to hydrolysis) is 1. The molecule has 1 aliphatic heterocycles. The summed E-state index contributed by atoms with van der Waals surface area (Å²) in [5.41, 5.74) is 0. The molecule has 1 N–H and O–H groups in total. The summed E-state index contributed by atoms with van der Waals surface area (Å²) < 4.78 is 4.32. The maximum atomic E-state index is 10.9. The summed E-state index contributed by atoms with van der Waals surface area (Å²) in [7, 11) is 0. The third-order valence-electron chi connectivity index (χ3n) is 1.87. The number of rotatable bonds is 4. The average molecular weight is 171 g/mol. The van der Waals surface area contributed by atoms with Crippen LogP contribution in [0.1, 0.15) is 32.6 Å². The average Bonchev–Trinajstić information content (AvgIpc) is 2.31. The summed E-state index contributed by atoms with van der Waals surface area (Å²) in [5, 5.41) is 2.45. The number of amides is 1. The van der Waals surface area contributed by atoms with Crippen LogP contribution in [0.2, 0.25) is 0 Å². The van der Waals surface area contributed by atoms with Gasteiger partial charge in [-0.1, -0.05) is 26.2 Å². The van der Waals surface area contributed by atoms with Gasteiger partial charge in [-0.3, -0.25) is 0 Å². The number of hydrogen-bond donors (Lipinski definition) is 1. The largest absolute Gasteiger partial charge is 0.415 e. The number of hydrogen-bond acceptors (Lipinski definition) is 3. The zero-order valence-electron chi connectivity index (χ0n) is 7.13. The molecule has 0 aromatic carbocycles. The smallest absolute Gasteiger partial charge is 0.375 e. The van der Waals surface area contributed by atoms with E-state index in [-0.39, 0.29) is 0 Å². The van der Waals surface area contributed by atoms with Gasteiger partial charge in [0.1, 0.15) is 6.04 Å². The van der Waals surface area contributed by atoms with Gasteiger partial charge in [-0.15, -0.1) is 0 Å². The van der Waals surface area contributed by atoms with Crippen LogP contribution in [-0.2, 0) is 9.53 Å². The Morgan fingerprint density at radius 2 is 2.17 bits per heavy atom. The van der Waals surface area contributed by atoms with Gasteiger partial charge in [-0.25, -0.2) is 9.59 Å². The first-order chi connectivity index (χ1) is 5.74. The van der Waals surface area contributed by atoms with E-state index in [9.17, 15) is 9.59 Å². The number of cyclic esters (lactones) is 2. The van der Waals surface area contributed by atoms with Gasteiger partial charge in [0.2, 0.25) is 0 Å². The second-order valence-electron chi connectivity index (χ2n) is 2.90. The van der Waals surface area contributed by atoms with Crippen molar-refractivity contribution in [3.63, 3.8) is 0 Å². The molecule has 12 heavy (non-hydrogen) atoms. The lowest BCUT2D eigenvalue weighted by atomic mass is 10.1. The molecular formula is C8H13NO3. The van der Waals surface area contributed by atoms with Crippen molar-refractivity contribution < 1.29 is 14.3 Å². The molecule has 0 unspecified atom stereocenters. The first-order valence-corrected chi connectivity index (χ1v) is 4.26. The first-order valence-electron chi connectivity index (χ1n) is 4.26. The number of unbranched alkanes of at least 4 members (excludes halogenated alkanes) is 2. The van der Waals surface area contributed by atoms with Gasteiger partial charge in [-0.2, -0.15) is 0 Å². The lowest BCUT2D eigenvalue weighted by molar-refractivity contribution is -0.135. The van der Waals surface area contributed by atoms with Crippen LogP contribution in [0, 0.1) is 0 Å². The molecule has 1 atom stereocenters. The van der Waals surface area contributed by atoms with E-state index in [2.05, 4.69) is 17.0 Å². The molecule has 0 aromatic heterocycles. The minimum Gasteiger partial charge on any atom is -0.375 e. The van der Waals surface area contributed by atoms with Gasteiger partial charge in [0.25, 0.3) is 0 Å². The molecule has 0 saturated carbocycles. The molecule has 1 rings (SSSR count). The lowest BCUT2D eigenvalue weighted by Gasteiger charge is -2.02. The Kier molecular flexibility index (Phi) is 3.08. The maximum Gasteiger partial charge on any atom is 0.415 e. The fourth-order valence-electron chi connectivity index (χ4n) is 1.18. The molecule has 0 aromatic rings. The van der Waals surface area contributed by atoms with E-state index in [1.54, 1.807) is 0 Å². The normalized spacial score (nSPS) is 22.2. The van der Waals surface area contributed by atoms with Gasteiger partial charge in [-0.05, 0) is 6.42 Å². The predicted molar refractivity (Wildman–Crippen MR) is 42.6 cm³/mol. The first kappa shape index (κ1) is 9.03. The van der Waals surface area contributed by atoms with Gasteiger partial charge in [0.05, 0.1) is 0 Å². The van der Waals surface area contributed by atoms with Crippen LogP contribution in [0.4, 0.5) is 4.79 Å². The molecule has 4 nitrogen and oxygen atoms in total. The summed E-state index contributed by atoms with van der Waals surface area (Å²) in [6.07, 6.45) is 3.23. The van der Waals surface area contributed by atoms with Crippen molar-refractivity contribution in [3.8, 4) is 0 Å². The Hall–Kier alpha value is -1.06. The van der Waals surface area contributed by atoms with Crippen molar-refractivity contribution in [1.29, 1.82) is 0 Å². The fraction of sp³-hybridized carbons (Fsp3) is 0.750. The minimum absolute atomic E-state index is 0.399. The second kappa shape index (κ2) is 4.09. The number of carbonyl (C=O) groups excluding carboxylic acids is 2. The Morgan fingerprint density at radius 3 is 2.67 bits per heavy atom. The van der Waals surface area contributed by atoms with Crippen molar-refractivity contribution in [2.24, 2.45) is 0 Å². The second-order valence-corrected chi connectivity index (χ2v) is 2.90. The Bertz CT molecular complexity index is 191. The summed E-state index contributed by atoms with van der Waals surface area (Å²) in [6, 6.07) is -0.399. The highest BCUT2D eigenvalue weighted by Crippen LogP contribution is 2.09. The summed E-state index contributed by atoms with van der Waals surface area (Å²) >= 11 is 0. The zero-order valence-corrected chi connectivity index (χ0v) is 7.13. The zero-order chi connectivity index (χ0) is 8.97. The quantitative estimate of drug-likeness (QED) is 0.393. The van der Waals surface area contributed by atoms with Crippen LogP contribution in [0.25, 0.3) is 0 Å². The molecule has 4 heteroatoms. The van der Waals surface area contributed by atoms with Crippen molar-refractivity contribution >= 4 is 12.1 Å². The summed E-state index contributed by atoms with van der Waals surface area (Å²) in [5.74, 6) is -0.434. The standard InChI is InChI=1S/C8H13NO3/c1-2-3-4-5-6-7(10)12-8(11)9-6/h6H,2-5H2,1H3,(H,9,11)/t6-/m1/s1. The molecule has 0 radical (unpaired) electrons. The molecule has 0 aliphatic carbocycles. The monoisotopic (exact) mass is 171 g/mol. The lowest BCUT2D eigenvalue weighted by Crippen LogP contribution is -2.28. The van der Waals surface area contributed by atoms with Crippen LogP contribution < -0.4 is 5.32 Å². The van der Waals surface area contributed by atoms with Crippen LogP contribution in [0.5, 0.6) is 0 Å². The third-order valence-corrected chi connectivity index (χ3v) is 1.87. The molecule has 1 fully saturated rings. The highest BCUT2D eigenvalue weighted by atomic mass is 16.6. The number of ether oxygens (including phenoxy) is 1. The van der Waals surface area contributed by atoms with E-state index in [4.69, 9.17) is 0 Å². The van der Waals surface area contributed by atoms with E-state index in [0.717, 1.165) is 19.3 Å². The van der Waals surface area contributed by atoms with Crippen molar-refractivity contribution in [1.82, 2.24) is 5.32 Å². The SMILES string of the molecule is CCCCC[C@H]1NC(=O)OC1=O. The van der Waals surface area contributed by atoms with Crippen LogP contribution in [-0.4, -0.2) is 18.1 Å². The number of nitrogens with one attached hydrogen (secondary N) is 1. The van der Waals surface area contributed by atoms with Gasteiger partial charge in [0, 0.05) is 0 Å². The van der Waals surface area contributed by atoms with Crippen LogP contribution >= 0.6 is 0 Å². The van der Waals surface area contributed by atoms with Crippen molar-refractivity contribution in [3.05, 3.63) is 0 Å². The number of esters is 1. The maximum absolute atomic E-state index is 10.9. The predicted octanol–water partition coefficient (Wildman–Crippen LogP) is 1.20. The van der Waals surface area contributed by atoms with Gasteiger partial charge in [0.15, 0.2) is 0 Å². The molecule has 1 saturated heterocycles. The van der Waals surface area contributed by atoms with Gasteiger partial charge < -0.3 is 10.1 Å². The third kappa shape index (κ3) is 2.22. The van der Waals surface area contributed by atoms with Crippen molar-refractivity contribution in [2.45, 2.75) is 38.6 Å². The number of carbonyl (C=O) groups is 2. The van der Waals surface area contributed by atoms with Gasteiger partial charge >= 0.3 is 12.1 Å². The highest BCUT2D eigenvalue weighted by Gasteiger charge is 2.31. The Labute approximate surface area is 71.3 Å². The Balaban J connectivity index is 2.24. The van der Waals surface area contributed by atoms with Crippen LogP contribution in [0.15, 0.2) is 0 Å². The fourth-order valence-corrected chi connectivity index (χ4v) is 1.18. The summed E-state index contributed by atoms with van der Waals surface area (Å²) in [6.45, 7) is 2.09. The van der Waals surface area contributed by atoms with E-state index in [1.807, 2.05) is 0 Å². The molecule has 1 amide bonds. The molecular weight excluding hydrogens is 158 g/mol. The van der Waals surface area contributed by atoms with Crippen LogP contribution in [0.3, 0.4) is 0 Å². The molecule has 0 spiro atoms. The molecule has 0 bridgehead atoms. The van der Waals surface area contributed by atoms with E-state index in [0.29, 0.717) is 6.42 Å². The molecule has 68 valence electrons.